The molecule has 0 unspecified atom stereocenters. The molecule has 4 rings (SSSR count). The summed E-state index contributed by atoms with van der Waals surface area (Å²) in [5, 5.41) is 9.81. The van der Waals surface area contributed by atoms with Gasteiger partial charge in [-0.15, -0.1) is 0 Å². The van der Waals surface area contributed by atoms with E-state index < -0.39 is 0 Å². The van der Waals surface area contributed by atoms with Gasteiger partial charge in [0.2, 0.25) is 0 Å². The minimum Gasteiger partial charge on any atom is -0.387 e. The van der Waals surface area contributed by atoms with Crippen molar-refractivity contribution in [1.29, 1.82) is 0 Å². The van der Waals surface area contributed by atoms with Crippen molar-refractivity contribution in [1.82, 2.24) is 14.5 Å². The number of aromatic nitrogens is 2. The van der Waals surface area contributed by atoms with Crippen LogP contribution in [-0.2, 0) is 12.5 Å². The smallest absolute Gasteiger partial charge is 0.293 e. The maximum absolute atomic E-state index is 13.2. The van der Waals surface area contributed by atoms with Gasteiger partial charge in [-0.25, -0.2) is 4.98 Å². The molecule has 0 aliphatic heterocycles. The molecule has 4 aromatic rings. The van der Waals surface area contributed by atoms with Crippen LogP contribution in [0.2, 0.25) is 0 Å². The highest BCUT2D eigenvalue weighted by Gasteiger charge is 2.19. The van der Waals surface area contributed by atoms with Gasteiger partial charge in [0.1, 0.15) is 0 Å². The number of hydrogen-bond donors (Lipinski definition) is 3. The Morgan fingerprint density at radius 1 is 1.02 bits per heavy atom. The number of hydrogen-bond acceptors (Lipinski definition) is 6. The second kappa shape index (κ2) is 13.8. The lowest BCUT2D eigenvalue weighted by Crippen LogP contribution is -2.32. The predicted octanol–water partition coefficient (Wildman–Crippen LogP) is 7.79. The summed E-state index contributed by atoms with van der Waals surface area (Å²) in [6.45, 7) is 18.3. The molecular weight excluding hydrogens is 560 g/mol. The third-order valence-corrected chi connectivity index (χ3v) is 8.01. The first kappa shape index (κ1) is 33.1. The van der Waals surface area contributed by atoms with Gasteiger partial charge < -0.3 is 25.4 Å². The summed E-state index contributed by atoms with van der Waals surface area (Å²) in [5.74, 6) is 0.165. The topological polar surface area (TPSA) is 91.3 Å². The Balaban J connectivity index is 1.62. The standard InChI is InChI=1S/C37H46N6O2/c1-10-21-43(11-2)35(44)30-20-19-28(22-32(30)38-8)40-34-36(45)42(9)23-33(41-34)29-13-12-14-31(24(29)3)39-25(4)26-15-17-27(18-16-26)37(5,6)7/h12-20,22-23,38-39H,4,10-11,21H2,1-3,5-9H3,(H,40,41). The number of carbonyl (C=O) groups excluding carboxylic acids is 1. The van der Waals surface area contributed by atoms with Crippen molar-refractivity contribution in [2.75, 3.05) is 36.1 Å². The van der Waals surface area contributed by atoms with Gasteiger partial charge >= 0.3 is 0 Å². The molecule has 1 amide bonds. The first-order chi connectivity index (χ1) is 21.4. The van der Waals surface area contributed by atoms with Crippen molar-refractivity contribution < 1.29 is 4.79 Å². The van der Waals surface area contributed by atoms with E-state index in [1.165, 1.54) is 10.1 Å². The van der Waals surface area contributed by atoms with E-state index in [9.17, 15) is 9.59 Å². The molecule has 0 fully saturated rings. The molecule has 0 saturated heterocycles. The summed E-state index contributed by atoms with van der Waals surface area (Å²) in [5.41, 5.74) is 8.24. The second-order valence-corrected chi connectivity index (χ2v) is 12.3. The average Bonchev–Trinajstić information content (AvgIpc) is 3.02. The first-order valence-electron chi connectivity index (χ1n) is 15.5. The Bertz CT molecular complexity index is 1750. The fourth-order valence-electron chi connectivity index (χ4n) is 5.27. The summed E-state index contributed by atoms with van der Waals surface area (Å²) >= 11 is 0. The maximum Gasteiger partial charge on any atom is 0.293 e. The number of rotatable bonds is 11. The number of nitrogens with one attached hydrogen (secondary N) is 3. The predicted molar refractivity (Wildman–Crippen MR) is 189 cm³/mol. The van der Waals surface area contributed by atoms with Crippen molar-refractivity contribution >= 4 is 34.5 Å². The Labute approximate surface area is 267 Å². The fourth-order valence-corrected chi connectivity index (χ4v) is 5.27. The van der Waals surface area contributed by atoms with Crippen LogP contribution in [0.5, 0.6) is 0 Å². The Kier molecular flexibility index (Phi) is 10.2. The van der Waals surface area contributed by atoms with E-state index in [1.54, 1.807) is 32.4 Å². The van der Waals surface area contributed by atoms with Crippen LogP contribution < -0.4 is 21.5 Å². The molecule has 0 aliphatic carbocycles. The third kappa shape index (κ3) is 7.45. The van der Waals surface area contributed by atoms with E-state index in [0.29, 0.717) is 35.7 Å². The Hall–Kier alpha value is -4.85. The van der Waals surface area contributed by atoms with Crippen molar-refractivity contribution in [3.05, 3.63) is 106 Å². The van der Waals surface area contributed by atoms with Crippen molar-refractivity contribution in [3.8, 4) is 11.3 Å². The normalized spacial score (nSPS) is 11.2. The largest absolute Gasteiger partial charge is 0.387 e. The highest BCUT2D eigenvalue weighted by Crippen LogP contribution is 2.31. The summed E-state index contributed by atoms with van der Waals surface area (Å²) in [6.07, 6.45) is 2.63. The van der Waals surface area contributed by atoms with Crippen LogP contribution in [0.25, 0.3) is 17.0 Å². The van der Waals surface area contributed by atoms with Gasteiger partial charge in [-0.3, -0.25) is 9.59 Å². The zero-order valence-electron chi connectivity index (χ0n) is 27.8. The lowest BCUT2D eigenvalue weighted by Gasteiger charge is -2.22. The molecule has 3 aromatic carbocycles. The van der Waals surface area contributed by atoms with Gasteiger partial charge in [0.25, 0.3) is 11.5 Å². The van der Waals surface area contributed by atoms with Gasteiger partial charge in [-0.05, 0) is 66.6 Å². The van der Waals surface area contributed by atoms with Crippen LogP contribution in [0.15, 0.2) is 78.2 Å². The molecule has 0 atom stereocenters. The van der Waals surface area contributed by atoms with E-state index in [2.05, 4.69) is 74.5 Å². The number of aryl methyl sites for hydroxylation is 1. The summed E-state index contributed by atoms with van der Waals surface area (Å²) in [7, 11) is 3.50. The van der Waals surface area contributed by atoms with Gasteiger partial charge in [0.15, 0.2) is 5.82 Å². The SMILES string of the molecule is C=C(Nc1cccc(-c2cn(C)c(=O)c(Nc3ccc(C(=O)N(CC)CCC)c(NC)c3)n2)c1C)c1ccc(C(C)(C)C)cc1. The van der Waals surface area contributed by atoms with E-state index in [1.807, 2.05) is 43.0 Å². The Morgan fingerprint density at radius 2 is 1.73 bits per heavy atom. The van der Waals surface area contributed by atoms with E-state index in [4.69, 9.17) is 4.98 Å². The molecule has 1 heterocycles. The van der Waals surface area contributed by atoms with Crippen molar-refractivity contribution in [2.24, 2.45) is 7.05 Å². The molecule has 236 valence electrons. The molecule has 8 nitrogen and oxygen atoms in total. The second-order valence-electron chi connectivity index (χ2n) is 12.3. The molecule has 0 bridgehead atoms. The summed E-state index contributed by atoms with van der Waals surface area (Å²) < 4.78 is 1.53. The van der Waals surface area contributed by atoms with E-state index in [-0.39, 0.29) is 22.7 Å². The first-order valence-corrected chi connectivity index (χ1v) is 15.5. The maximum atomic E-state index is 13.2. The van der Waals surface area contributed by atoms with Crippen LogP contribution in [-0.4, -0.2) is 40.5 Å². The van der Waals surface area contributed by atoms with E-state index >= 15 is 0 Å². The lowest BCUT2D eigenvalue weighted by atomic mass is 9.86. The van der Waals surface area contributed by atoms with E-state index in [0.717, 1.165) is 34.5 Å². The molecule has 1 aromatic heterocycles. The zero-order valence-corrected chi connectivity index (χ0v) is 27.8. The molecule has 45 heavy (non-hydrogen) atoms. The molecule has 0 aliphatic rings. The third-order valence-electron chi connectivity index (χ3n) is 8.01. The number of amides is 1. The molecule has 0 saturated carbocycles. The van der Waals surface area contributed by atoms with Crippen LogP contribution in [0.1, 0.15) is 68.1 Å². The van der Waals surface area contributed by atoms with Crippen LogP contribution in [0.4, 0.5) is 22.9 Å². The van der Waals surface area contributed by atoms with Crippen LogP contribution in [0.3, 0.4) is 0 Å². The monoisotopic (exact) mass is 606 g/mol. The zero-order chi connectivity index (χ0) is 32.9. The van der Waals surface area contributed by atoms with Crippen LogP contribution >= 0.6 is 0 Å². The fraction of sp³-hybridized carbons (Fsp3) is 0.324. The molecule has 8 heteroatoms. The van der Waals surface area contributed by atoms with Crippen molar-refractivity contribution in [3.63, 3.8) is 0 Å². The van der Waals surface area contributed by atoms with Crippen molar-refractivity contribution in [2.45, 2.75) is 53.4 Å². The minimum absolute atomic E-state index is 0.0279. The van der Waals surface area contributed by atoms with Gasteiger partial charge in [-0.1, -0.05) is 70.7 Å². The summed E-state index contributed by atoms with van der Waals surface area (Å²) in [4.78, 5) is 32.9. The molecule has 0 spiro atoms. The highest BCUT2D eigenvalue weighted by molar-refractivity contribution is 6.00. The quantitative estimate of drug-likeness (QED) is 0.161. The summed E-state index contributed by atoms with van der Waals surface area (Å²) in [6, 6.07) is 19.9. The highest BCUT2D eigenvalue weighted by atomic mass is 16.2. The molecule has 3 N–H and O–H groups in total. The molecule has 0 radical (unpaired) electrons. The number of benzene rings is 3. The Morgan fingerprint density at radius 3 is 2.36 bits per heavy atom. The number of anilines is 4. The van der Waals surface area contributed by atoms with Gasteiger partial charge in [0, 0.05) is 61.7 Å². The average molecular weight is 607 g/mol. The lowest BCUT2D eigenvalue weighted by molar-refractivity contribution is 0.0765. The minimum atomic E-state index is -0.260. The van der Waals surface area contributed by atoms with Gasteiger partial charge in [-0.2, -0.15) is 0 Å². The number of carbonyl (C=O) groups is 1. The van der Waals surface area contributed by atoms with Gasteiger partial charge in [0.05, 0.1) is 11.3 Å². The van der Waals surface area contributed by atoms with Crippen LogP contribution in [0, 0.1) is 6.92 Å². The number of nitrogens with zero attached hydrogens (tertiary/aromatic N) is 3. The molecular formula is C37H46N6O2.